The average Bonchev–Trinajstić information content (AvgIpc) is 1.59. The van der Waals surface area contributed by atoms with Crippen molar-refractivity contribution in [3.63, 3.8) is 0 Å². The zero-order valence-corrected chi connectivity index (χ0v) is 7.20. The van der Waals surface area contributed by atoms with E-state index in [2.05, 4.69) is 6.58 Å². The predicted molar refractivity (Wildman–Crippen MR) is 38.3 cm³/mol. The molecule has 0 rings (SSSR count). The summed E-state index contributed by atoms with van der Waals surface area (Å²) < 4.78 is 20.2. The second kappa shape index (κ2) is 3.60. The van der Waals surface area contributed by atoms with Crippen molar-refractivity contribution in [3.05, 3.63) is 11.6 Å². The quantitative estimate of drug-likeness (QED) is 0.397. The van der Waals surface area contributed by atoms with Gasteiger partial charge < -0.3 is 25.7 Å². The van der Waals surface area contributed by atoms with Gasteiger partial charge in [0, 0.05) is 0 Å². The minimum atomic E-state index is -4.84. The maximum absolute atomic E-state index is 10.1. The molecule has 0 aromatic carbocycles. The lowest BCUT2D eigenvalue weighted by Gasteiger charge is -2.07. The van der Waals surface area contributed by atoms with Crippen molar-refractivity contribution >= 4 is 15.2 Å². The molecule has 0 aromatic rings. The molecule has 0 aromatic heterocycles. The van der Waals surface area contributed by atoms with Crippen LogP contribution >= 0.6 is 15.2 Å². The fourth-order valence-corrected chi connectivity index (χ4v) is 1.53. The molecule has 7 N–H and O–H groups in total. The van der Waals surface area contributed by atoms with Gasteiger partial charge >= 0.3 is 15.2 Å². The van der Waals surface area contributed by atoms with Gasteiger partial charge in [-0.1, -0.05) is 6.58 Å². The molecule has 0 unspecified atom stereocenters. The van der Waals surface area contributed by atoms with E-state index in [0.29, 0.717) is 0 Å². The predicted octanol–water partition coefficient (Wildman–Crippen LogP) is -0.0250. The highest BCUT2D eigenvalue weighted by Crippen LogP contribution is 2.62. The van der Waals surface area contributed by atoms with Crippen molar-refractivity contribution in [2.75, 3.05) is 0 Å². The first-order valence-corrected chi connectivity index (χ1v) is 5.19. The Morgan fingerprint density at radius 3 is 1.18 bits per heavy atom. The lowest BCUT2D eigenvalue weighted by Crippen LogP contribution is -1.85. The molecule has 7 nitrogen and oxygen atoms in total. The Morgan fingerprint density at radius 1 is 1.00 bits per heavy atom. The topological polar surface area (TPSA) is 150 Å². The van der Waals surface area contributed by atoms with E-state index in [0.717, 1.165) is 0 Å². The van der Waals surface area contributed by atoms with Crippen LogP contribution in [0.2, 0.25) is 0 Å². The third kappa shape index (κ3) is 4.44. The molecule has 0 aliphatic carbocycles. The van der Waals surface area contributed by atoms with Crippen LogP contribution in [0.3, 0.4) is 0 Å². The lowest BCUT2D eigenvalue weighted by molar-refractivity contribution is 0.367. The van der Waals surface area contributed by atoms with Gasteiger partial charge in [0.15, 0.2) is 0 Å². The van der Waals surface area contributed by atoms with Crippen molar-refractivity contribution < 1.29 is 28.7 Å². The van der Waals surface area contributed by atoms with E-state index in [9.17, 15) is 9.13 Å². The van der Waals surface area contributed by atoms with Crippen molar-refractivity contribution in [1.82, 2.24) is 6.15 Å². The van der Waals surface area contributed by atoms with E-state index in [1.807, 2.05) is 0 Å². The standard InChI is InChI=1S/C2H6O6P2.H3N/c1-2(9(3,4)5)10(6,7)8;/h1H2,(H2,3,4,5)(H2,6,7,8);1H3. The fraction of sp³-hybridized carbons (Fsp3) is 0. The molecule has 0 saturated carbocycles. The van der Waals surface area contributed by atoms with Crippen LogP contribution in [0.25, 0.3) is 0 Å². The van der Waals surface area contributed by atoms with Crippen molar-refractivity contribution in [1.29, 1.82) is 0 Å². The molecule has 0 amide bonds. The molecule has 68 valence electrons. The Bertz CT molecular complexity index is 211. The molecule has 0 heterocycles. The maximum Gasteiger partial charge on any atom is 0.363 e. The van der Waals surface area contributed by atoms with Crippen LogP contribution in [0.4, 0.5) is 0 Å². The van der Waals surface area contributed by atoms with Crippen LogP contribution < -0.4 is 6.15 Å². The second-order valence-corrected chi connectivity index (χ2v) is 5.11. The third-order valence-electron chi connectivity index (χ3n) is 0.672. The van der Waals surface area contributed by atoms with Gasteiger partial charge in [-0.3, -0.25) is 9.13 Å². The summed E-state index contributed by atoms with van der Waals surface area (Å²) in [7, 11) is -9.67. The summed E-state index contributed by atoms with van der Waals surface area (Å²) in [6.45, 7) is 2.57. The summed E-state index contributed by atoms with van der Waals surface area (Å²) >= 11 is 0. The average molecular weight is 205 g/mol. The van der Waals surface area contributed by atoms with Gasteiger partial charge in [-0.2, -0.15) is 0 Å². The van der Waals surface area contributed by atoms with E-state index in [1.165, 1.54) is 0 Å². The second-order valence-electron chi connectivity index (χ2n) is 1.50. The van der Waals surface area contributed by atoms with Crippen molar-refractivity contribution in [2.24, 2.45) is 0 Å². The van der Waals surface area contributed by atoms with E-state index >= 15 is 0 Å². The summed E-state index contributed by atoms with van der Waals surface area (Å²) in [4.78, 5) is 32.6. The van der Waals surface area contributed by atoms with E-state index < -0.39 is 20.2 Å². The van der Waals surface area contributed by atoms with Gasteiger partial charge in [0.1, 0.15) is 5.06 Å². The van der Waals surface area contributed by atoms with Crippen LogP contribution in [-0.4, -0.2) is 19.6 Å². The van der Waals surface area contributed by atoms with Crippen molar-refractivity contribution in [2.45, 2.75) is 0 Å². The first-order chi connectivity index (χ1) is 4.15. The maximum atomic E-state index is 10.1. The van der Waals surface area contributed by atoms with Gasteiger partial charge in [0.25, 0.3) is 0 Å². The minimum Gasteiger partial charge on any atom is -0.344 e. The van der Waals surface area contributed by atoms with Gasteiger partial charge in [-0.15, -0.1) is 0 Å². The summed E-state index contributed by atoms with van der Waals surface area (Å²) in [6.07, 6.45) is 0. The monoisotopic (exact) mass is 205 g/mol. The molecular formula is C2H9NO6P2. The fourth-order valence-electron chi connectivity index (χ4n) is 0.170. The molecule has 11 heavy (non-hydrogen) atoms. The van der Waals surface area contributed by atoms with Gasteiger partial charge in [-0.05, 0) is 0 Å². The zero-order valence-electron chi connectivity index (χ0n) is 5.41. The summed E-state index contributed by atoms with van der Waals surface area (Å²) in [5.74, 6) is 0. The van der Waals surface area contributed by atoms with Gasteiger partial charge in [0.05, 0.1) is 0 Å². The number of hydrogen-bond acceptors (Lipinski definition) is 3. The highest BCUT2D eigenvalue weighted by Gasteiger charge is 2.33. The molecule has 0 fully saturated rings. The largest absolute Gasteiger partial charge is 0.363 e. The minimum absolute atomic E-state index is 0. The van der Waals surface area contributed by atoms with E-state index in [-0.39, 0.29) is 6.15 Å². The lowest BCUT2D eigenvalue weighted by atomic mass is 11.2. The van der Waals surface area contributed by atoms with Crippen molar-refractivity contribution in [3.8, 4) is 0 Å². The van der Waals surface area contributed by atoms with Crippen LogP contribution in [-0.2, 0) is 9.13 Å². The molecule has 0 saturated heterocycles. The van der Waals surface area contributed by atoms with Crippen LogP contribution in [0, 0.1) is 0 Å². The molecular weight excluding hydrogens is 196 g/mol. The van der Waals surface area contributed by atoms with Gasteiger partial charge in [-0.25, -0.2) is 0 Å². The van der Waals surface area contributed by atoms with Crippen LogP contribution in [0.5, 0.6) is 0 Å². The highest BCUT2D eigenvalue weighted by molar-refractivity contribution is 7.77. The number of rotatable bonds is 2. The molecule has 0 radical (unpaired) electrons. The van der Waals surface area contributed by atoms with E-state index in [4.69, 9.17) is 19.6 Å². The molecule has 0 aliphatic heterocycles. The zero-order chi connectivity index (χ0) is 8.58. The molecule has 0 aliphatic rings. The third-order valence-corrected chi connectivity index (χ3v) is 3.58. The Hall–Kier alpha value is -0.0000000000000000694. The Labute approximate surface area is 62.7 Å². The SMILES string of the molecule is C=C(P(=O)(O)O)P(=O)(O)O.N. The smallest absolute Gasteiger partial charge is 0.344 e. The molecule has 9 heteroatoms. The Kier molecular flexibility index (Phi) is 4.44. The summed E-state index contributed by atoms with van der Waals surface area (Å²) in [6, 6.07) is 0. The van der Waals surface area contributed by atoms with Gasteiger partial charge in [0.2, 0.25) is 0 Å². The molecule has 0 spiro atoms. The molecule has 0 bridgehead atoms. The first-order valence-electron chi connectivity index (χ1n) is 1.97. The Morgan fingerprint density at radius 2 is 1.18 bits per heavy atom. The Balaban J connectivity index is 0. The summed E-state index contributed by atoms with van der Waals surface area (Å²) in [5.41, 5.74) is 0. The van der Waals surface area contributed by atoms with Crippen LogP contribution in [0.15, 0.2) is 11.6 Å². The number of hydrogen-bond donors (Lipinski definition) is 5. The molecule has 0 atom stereocenters. The summed E-state index contributed by atoms with van der Waals surface area (Å²) in [5, 5.41) is -1.35. The van der Waals surface area contributed by atoms with Crippen LogP contribution in [0.1, 0.15) is 0 Å². The first kappa shape index (κ1) is 13.6. The van der Waals surface area contributed by atoms with E-state index in [1.54, 1.807) is 0 Å². The highest BCUT2D eigenvalue weighted by atomic mass is 31.2. The normalized spacial score (nSPS) is 12.0.